The highest BCUT2D eigenvalue weighted by atomic mass is 32.1. The maximum absolute atomic E-state index is 12.0. The highest BCUT2D eigenvalue weighted by Gasteiger charge is 2.32. The molecule has 0 aromatic carbocycles. The first kappa shape index (κ1) is 20.6. The van der Waals surface area contributed by atoms with Gasteiger partial charge in [-0.1, -0.05) is 19.7 Å². The summed E-state index contributed by atoms with van der Waals surface area (Å²) in [6.07, 6.45) is 13.2. The van der Waals surface area contributed by atoms with Crippen molar-refractivity contribution < 1.29 is 9.53 Å². The van der Waals surface area contributed by atoms with Crippen molar-refractivity contribution in [2.24, 2.45) is 0 Å². The van der Waals surface area contributed by atoms with Gasteiger partial charge in [0.15, 0.2) is 0 Å². The van der Waals surface area contributed by atoms with Gasteiger partial charge in [-0.3, -0.25) is 4.79 Å². The minimum absolute atomic E-state index is 0.150. The molecule has 1 unspecified atom stereocenters. The van der Waals surface area contributed by atoms with Gasteiger partial charge in [0.25, 0.3) is 0 Å². The monoisotopic (exact) mass is 424 g/mol. The van der Waals surface area contributed by atoms with Crippen LogP contribution in [0.25, 0.3) is 10.2 Å². The molecular weight excluding hydrogens is 396 g/mol. The average Bonchev–Trinajstić information content (AvgIpc) is 3.30. The van der Waals surface area contributed by atoms with Crippen LogP contribution in [0.4, 0.5) is 5.82 Å². The van der Waals surface area contributed by atoms with Gasteiger partial charge in [0.2, 0.25) is 0 Å². The van der Waals surface area contributed by atoms with Gasteiger partial charge in [0.05, 0.1) is 18.1 Å². The van der Waals surface area contributed by atoms with E-state index in [0.717, 1.165) is 54.6 Å². The van der Waals surface area contributed by atoms with Gasteiger partial charge >= 0.3 is 5.97 Å². The first-order valence-corrected chi connectivity index (χ1v) is 11.3. The predicted molar refractivity (Wildman–Crippen MR) is 121 cm³/mol. The third-order valence-corrected chi connectivity index (χ3v) is 7.41. The number of nitrogens with zero attached hydrogens (tertiary/aromatic N) is 3. The van der Waals surface area contributed by atoms with Crippen LogP contribution in [-0.2, 0) is 16.0 Å². The van der Waals surface area contributed by atoms with Gasteiger partial charge in [-0.2, -0.15) is 0 Å². The zero-order valence-electron chi connectivity index (χ0n) is 17.2. The molecule has 2 aliphatic carbocycles. The highest BCUT2D eigenvalue weighted by Crippen LogP contribution is 2.47. The van der Waals surface area contributed by atoms with Crippen molar-refractivity contribution in [3.8, 4) is 0 Å². The summed E-state index contributed by atoms with van der Waals surface area (Å²) in [6.45, 7) is 11.2. The van der Waals surface area contributed by atoms with Crippen molar-refractivity contribution in [1.29, 1.82) is 0 Å². The Kier molecular flexibility index (Phi) is 6.18. The smallest absolute Gasteiger partial charge is 0.311 e. The van der Waals surface area contributed by atoms with Gasteiger partial charge in [-0.25, -0.2) is 9.97 Å². The van der Waals surface area contributed by atoms with Crippen LogP contribution in [0.15, 0.2) is 44.7 Å². The summed E-state index contributed by atoms with van der Waals surface area (Å²) >= 11 is 1.72. The molecule has 2 aromatic rings. The molecular formula is C23H28N4O2S. The number of anilines is 1. The number of rotatable bonds is 8. The molecule has 7 heteroatoms. The lowest BCUT2D eigenvalue weighted by atomic mass is 9.90. The van der Waals surface area contributed by atoms with E-state index in [1.807, 2.05) is 12.4 Å². The molecule has 0 aliphatic heterocycles. The third-order valence-electron chi connectivity index (χ3n) is 6.24. The van der Waals surface area contributed by atoms with Crippen LogP contribution in [0.1, 0.15) is 54.9 Å². The molecule has 6 nitrogen and oxygen atoms in total. The number of aryl methyl sites for hydroxylation is 1. The molecule has 0 saturated heterocycles. The fraction of sp³-hybridized carbons (Fsp3) is 0.435. The Hall–Kier alpha value is -2.67. The summed E-state index contributed by atoms with van der Waals surface area (Å²) in [5, 5.41) is 4.78. The molecule has 2 aliphatic rings. The molecule has 2 heterocycles. The van der Waals surface area contributed by atoms with Gasteiger partial charge < -0.3 is 15.0 Å². The number of aromatic nitrogens is 2. The maximum atomic E-state index is 12.0. The molecule has 0 spiro atoms. The van der Waals surface area contributed by atoms with Crippen molar-refractivity contribution in [2.75, 3.05) is 5.32 Å². The average molecular weight is 425 g/mol. The number of carbonyl (C=O) groups is 1. The maximum Gasteiger partial charge on any atom is 0.311 e. The molecule has 2 aromatic heterocycles. The molecule has 0 bridgehead atoms. The zero-order chi connectivity index (χ0) is 21.1. The number of fused-ring (bicyclic) bond motifs is 3. The lowest BCUT2D eigenvalue weighted by molar-refractivity contribution is -0.138. The fourth-order valence-corrected chi connectivity index (χ4v) is 6.05. The molecule has 4 rings (SSSR count). The molecule has 1 fully saturated rings. The second-order valence-electron chi connectivity index (χ2n) is 7.90. The van der Waals surface area contributed by atoms with Crippen molar-refractivity contribution in [3.63, 3.8) is 0 Å². The first-order chi connectivity index (χ1) is 14.6. The van der Waals surface area contributed by atoms with Gasteiger partial charge in [-0.05, 0) is 62.4 Å². The van der Waals surface area contributed by atoms with Crippen LogP contribution in [0.3, 0.4) is 0 Å². The Labute approximate surface area is 181 Å². The van der Waals surface area contributed by atoms with Crippen LogP contribution >= 0.6 is 11.3 Å². The van der Waals surface area contributed by atoms with Crippen molar-refractivity contribution >= 4 is 33.3 Å². The van der Waals surface area contributed by atoms with Gasteiger partial charge in [0, 0.05) is 17.0 Å². The molecule has 158 valence electrons. The van der Waals surface area contributed by atoms with Crippen molar-refractivity contribution in [1.82, 2.24) is 14.9 Å². The van der Waals surface area contributed by atoms with Gasteiger partial charge in [-0.15, -0.1) is 11.3 Å². The second-order valence-corrected chi connectivity index (χ2v) is 8.98. The largest absolute Gasteiger partial charge is 0.435 e. The number of ether oxygens (including phenoxy) is 1. The van der Waals surface area contributed by atoms with Gasteiger partial charge in [0.1, 0.15) is 17.0 Å². The summed E-state index contributed by atoms with van der Waals surface area (Å²) in [5.41, 5.74) is 1.23. The van der Waals surface area contributed by atoms with E-state index in [9.17, 15) is 4.79 Å². The standard InChI is InChI=1S/C23H28N4O2S/c1-4-27(5-2)17-10-8-16(9-11-17)26-22-21-20-15(13-19(28)29-6-3)7-12-18(20)30-23(21)25-14-24-22/h4-6,14-17H,1-3,7-13H2,(H,24,25,26). The zero-order valence-corrected chi connectivity index (χ0v) is 18.0. The third kappa shape index (κ3) is 3.99. The fourth-order valence-electron chi connectivity index (χ4n) is 4.81. The number of hydrogen-bond acceptors (Lipinski definition) is 7. The number of esters is 1. The van der Waals surface area contributed by atoms with E-state index < -0.39 is 0 Å². The Morgan fingerprint density at radius 3 is 2.67 bits per heavy atom. The summed E-state index contributed by atoms with van der Waals surface area (Å²) in [6, 6.07) is 0.839. The van der Waals surface area contributed by atoms with E-state index in [4.69, 9.17) is 4.74 Å². The van der Waals surface area contributed by atoms with E-state index in [1.54, 1.807) is 17.7 Å². The first-order valence-electron chi connectivity index (χ1n) is 10.5. The van der Waals surface area contributed by atoms with E-state index in [-0.39, 0.29) is 11.9 Å². The van der Waals surface area contributed by atoms with E-state index in [1.165, 1.54) is 16.7 Å². The van der Waals surface area contributed by atoms with Crippen LogP contribution in [0.5, 0.6) is 0 Å². The lowest BCUT2D eigenvalue weighted by Crippen LogP contribution is -2.35. The minimum Gasteiger partial charge on any atom is -0.435 e. The molecule has 1 N–H and O–H groups in total. The lowest BCUT2D eigenvalue weighted by Gasteiger charge is -2.34. The van der Waals surface area contributed by atoms with Crippen LogP contribution in [0.2, 0.25) is 0 Å². The summed E-state index contributed by atoms with van der Waals surface area (Å²) in [7, 11) is 0. The van der Waals surface area contributed by atoms with Crippen molar-refractivity contribution in [2.45, 2.75) is 62.9 Å². The van der Waals surface area contributed by atoms with E-state index in [2.05, 4.69) is 39.9 Å². The van der Waals surface area contributed by atoms with Crippen LogP contribution < -0.4 is 5.32 Å². The Morgan fingerprint density at radius 2 is 1.97 bits per heavy atom. The van der Waals surface area contributed by atoms with E-state index in [0.29, 0.717) is 18.5 Å². The van der Waals surface area contributed by atoms with Crippen LogP contribution in [0, 0.1) is 0 Å². The van der Waals surface area contributed by atoms with E-state index >= 15 is 0 Å². The Bertz CT molecular complexity index is 954. The number of hydrogen-bond donors (Lipinski definition) is 1. The minimum atomic E-state index is -0.235. The molecule has 30 heavy (non-hydrogen) atoms. The number of carbonyl (C=O) groups excluding carboxylic acids is 1. The topological polar surface area (TPSA) is 67.3 Å². The highest BCUT2D eigenvalue weighted by molar-refractivity contribution is 7.19. The second kappa shape index (κ2) is 9.00. The Balaban J connectivity index is 1.53. The SMILES string of the molecule is C=COC(=O)CC1CCc2sc3ncnc(NC4CCC(N(C=C)C=C)CC4)c3c21. The molecule has 1 atom stereocenters. The summed E-state index contributed by atoms with van der Waals surface area (Å²) < 4.78 is 4.97. The molecule has 0 radical (unpaired) electrons. The number of thiophene rings is 1. The Morgan fingerprint density at radius 1 is 1.20 bits per heavy atom. The summed E-state index contributed by atoms with van der Waals surface area (Å²) in [4.78, 5) is 25.6. The molecule has 1 saturated carbocycles. The quantitative estimate of drug-likeness (QED) is 0.469. The van der Waals surface area contributed by atoms with Crippen LogP contribution in [-0.4, -0.2) is 32.9 Å². The van der Waals surface area contributed by atoms with Crippen molar-refractivity contribution in [3.05, 3.63) is 55.2 Å². The number of nitrogens with one attached hydrogen (secondary N) is 1. The predicted octanol–water partition coefficient (Wildman–Crippen LogP) is 5.11. The normalized spacial score (nSPS) is 22.9. The summed E-state index contributed by atoms with van der Waals surface area (Å²) in [5.74, 6) is 0.812. The molecule has 0 amide bonds.